The molecule has 2 aliphatic rings. The largest absolute Gasteiger partial charge is 0.344 e. The number of nitrogens with one attached hydrogen (secondary N) is 1. The third-order valence-corrected chi connectivity index (χ3v) is 3.94. The van der Waals surface area contributed by atoms with Crippen molar-refractivity contribution in [1.82, 2.24) is 0 Å². The van der Waals surface area contributed by atoms with E-state index in [4.69, 9.17) is 9.47 Å². The van der Waals surface area contributed by atoms with Crippen LogP contribution in [0.3, 0.4) is 0 Å². The number of Topliss-reactive ketones (excluding diaryl/α,β-unsaturated/α-hetero) is 1. The average Bonchev–Trinajstić information content (AvgIpc) is 3.09. The number of hydrazone groups is 1. The van der Waals surface area contributed by atoms with Crippen molar-refractivity contribution in [2.24, 2.45) is 15.3 Å². The van der Waals surface area contributed by atoms with E-state index in [1.807, 2.05) is 60.7 Å². The maximum atomic E-state index is 12.7. The Morgan fingerprint density at radius 1 is 1.00 bits per heavy atom. The summed E-state index contributed by atoms with van der Waals surface area (Å²) in [7, 11) is 0. The van der Waals surface area contributed by atoms with Crippen LogP contribution in [0, 0.1) is 0 Å². The van der Waals surface area contributed by atoms with Gasteiger partial charge in [-0.05, 0) is 24.3 Å². The van der Waals surface area contributed by atoms with Gasteiger partial charge in [-0.1, -0.05) is 36.4 Å². The van der Waals surface area contributed by atoms with Crippen LogP contribution in [0.15, 0.2) is 76.0 Å². The van der Waals surface area contributed by atoms with Gasteiger partial charge in [0.05, 0.1) is 18.0 Å². The molecule has 3 atom stereocenters. The van der Waals surface area contributed by atoms with Crippen molar-refractivity contribution in [3.8, 4) is 0 Å². The first-order valence-electron chi connectivity index (χ1n) is 7.97. The van der Waals surface area contributed by atoms with Gasteiger partial charge in [-0.15, -0.1) is 0 Å². The van der Waals surface area contributed by atoms with Crippen LogP contribution in [-0.4, -0.2) is 36.5 Å². The molecule has 25 heavy (non-hydrogen) atoms. The number of hydrogen-bond acceptors (Lipinski definition) is 7. The number of carbonyl (C=O) groups excluding carboxylic acids is 1. The van der Waals surface area contributed by atoms with E-state index in [1.165, 1.54) is 0 Å². The molecule has 2 aliphatic heterocycles. The summed E-state index contributed by atoms with van der Waals surface area (Å²) in [6.07, 6.45) is -1.18. The van der Waals surface area contributed by atoms with E-state index in [2.05, 4.69) is 20.8 Å². The van der Waals surface area contributed by atoms with Gasteiger partial charge in [0.15, 0.2) is 11.8 Å². The summed E-state index contributed by atoms with van der Waals surface area (Å²) in [5.74, 6) is -0.234. The Hall–Kier alpha value is -2.90. The number of para-hydroxylation sites is 1. The number of ether oxygens (including phenoxy) is 2. The van der Waals surface area contributed by atoms with Crippen molar-refractivity contribution in [2.45, 2.75) is 18.4 Å². The van der Waals surface area contributed by atoms with Crippen molar-refractivity contribution in [3.05, 3.63) is 60.7 Å². The fourth-order valence-electron chi connectivity index (χ4n) is 2.66. The second-order valence-electron chi connectivity index (χ2n) is 5.67. The minimum Gasteiger partial charge on any atom is -0.344 e. The van der Waals surface area contributed by atoms with Gasteiger partial charge in [0.1, 0.15) is 6.10 Å². The van der Waals surface area contributed by atoms with Crippen molar-refractivity contribution in [2.75, 3.05) is 12.0 Å². The van der Waals surface area contributed by atoms with Crippen molar-refractivity contribution >= 4 is 22.9 Å². The number of rotatable bonds is 4. The molecule has 0 aliphatic carbocycles. The summed E-state index contributed by atoms with van der Waals surface area (Å²) in [5.41, 5.74) is 4.48. The van der Waals surface area contributed by atoms with Gasteiger partial charge in [0.2, 0.25) is 12.1 Å². The summed E-state index contributed by atoms with van der Waals surface area (Å²) in [6, 6.07) is 17.8. The van der Waals surface area contributed by atoms with Gasteiger partial charge < -0.3 is 9.47 Å². The van der Waals surface area contributed by atoms with Gasteiger partial charge in [-0.2, -0.15) is 15.3 Å². The highest BCUT2D eigenvalue weighted by atomic mass is 16.7. The number of anilines is 1. The Labute approximate surface area is 144 Å². The molecule has 4 rings (SSSR count). The molecule has 0 spiro atoms. The van der Waals surface area contributed by atoms with Crippen LogP contribution < -0.4 is 5.43 Å². The van der Waals surface area contributed by atoms with Gasteiger partial charge in [0, 0.05) is 0 Å². The average molecular weight is 336 g/mol. The highest BCUT2D eigenvalue weighted by Crippen LogP contribution is 2.27. The van der Waals surface area contributed by atoms with E-state index in [1.54, 1.807) is 0 Å². The molecule has 0 saturated carbocycles. The Kier molecular flexibility index (Phi) is 4.32. The van der Waals surface area contributed by atoms with E-state index in [9.17, 15) is 4.79 Å². The lowest BCUT2D eigenvalue weighted by Crippen LogP contribution is -2.47. The molecule has 0 amide bonds. The number of nitrogens with zero attached hydrogens (tertiary/aromatic N) is 3. The Balaban J connectivity index is 1.55. The maximum Gasteiger partial charge on any atom is 0.213 e. The van der Waals surface area contributed by atoms with E-state index < -0.39 is 18.4 Å². The van der Waals surface area contributed by atoms with Crippen LogP contribution in [0.4, 0.5) is 11.4 Å². The molecule has 2 aromatic rings. The topological polar surface area (TPSA) is 84.6 Å². The van der Waals surface area contributed by atoms with Crippen molar-refractivity contribution in [1.29, 1.82) is 0 Å². The number of fused-ring (bicyclic) bond motifs is 2. The Bertz CT molecular complexity index is 808. The molecule has 2 aromatic carbocycles. The van der Waals surface area contributed by atoms with E-state index in [-0.39, 0.29) is 11.5 Å². The molecule has 2 heterocycles. The maximum absolute atomic E-state index is 12.7. The summed E-state index contributed by atoms with van der Waals surface area (Å²) < 4.78 is 11.2. The number of azo groups is 1. The summed E-state index contributed by atoms with van der Waals surface area (Å²) >= 11 is 0. The van der Waals surface area contributed by atoms with Crippen LogP contribution in [0.25, 0.3) is 0 Å². The van der Waals surface area contributed by atoms with Gasteiger partial charge in [0.25, 0.3) is 0 Å². The molecule has 2 saturated heterocycles. The molecule has 126 valence electrons. The summed E-state index contributed by atoms with van der Waals surface area (Å²) in [5, 5.41) is 12.5. The molecule has 7 nitrogen and oxygen atoms in total. The minimum atomic E-state index is -0.754. The fraction of sp³-hybridized carbons (Fsp3) is 0.222. The van der Waals surface area contributed by atoms with E-state index >= 15 is 0 Å². The molecule has 0 unspecified atom stereocenters. The predicted octanol–water partition coefficient (Wildman–Crippen LogP) is 2.93. The zero-order valence-corrected chi connectivity index (χ0v) is 13.3. The van der Waals surface area contributed by atoms with Crippen LogP contribution >= 0.6 is 0 Å². The molecule has 1 N–H and O–H groups in total. The zero-order valence-electron chi connectivity index (χ0n) is 13.3. The van der Waals surface area contributed by atoms with Crippen molar-refractivity contribution in [3.63, 3.8) is 0 Å². The van der Waals surface area contributed by atoms with E-state index in [0.717, 1.165) is 5.69 Å². The third-order valence-electron chi connectivity index (χ3n) is 3.94. The Morgan fingerprint density at radius 3 is 2.48 bits per heavy atom. The number of hydrogen-bond donors (Lipinski definition) is 1. The number of ketones is 1. The lowest BCUT2D eigenvalue weighted by molar-refractivity contribution is -0.122. The van der Waals surface area contributed by atoms with E-state index in [0.29, 0.717) is 12.3 Å². The molecule has 0 radical (unpaired) electrons. The van der Waals surface area contributed by atoms with Crippen molar-refractivity contribution < 1.29 is 14.3 Å². The highest BCUT2D eigenvalue weighted by Gasteiger charge is 2.48. The smallest absolute Gasteiger partial charge is 0.213 e. The van der Waals surface area contributed by atoms with Crippen LogP contribution in [0.1, 0.15) is 0 Å². The fourth-order valence-corrected chi connectivity index (χ4v) is 2.66. The second kappa shape index (κ2) is 6.92. The highest BCUT2D eigenvalue weighted by molar-refractivity contribution is 6.44. The first-order valence-corrected chi connectivity index (χ1v) is 7.97. The normalized spacial score (nSPS) is 27.1. The number of carbonyl (C=O) groups is 1. The monoisotopic (exact) mass is 336 g/mol. The summed E-state index contributed by atoms with van der Waals surface area (Å²) in [4.78, 5) is 12.7. The molecular weight excluding hydrogens is 320 g/mol. The first kappa shape index (κ1) is 15.6. The lowest BCUT2D eigenvalue weighted by atomic mass is 10.0. The van der Waals surface area contributed by atoms with Gasteiger partial charge >= 0.3 is 0 Å². The number of benzene rings is 2. The first-order chi connectivity index (χ1) is 12.3. The SMILES string of the molecule is O=C1/C(=N\Nc2ccccc2)[C@H]2OC[C@H](O2)[C@@H]1N=Nc1ccccc1. The predicted molar refractivity (Wildman–Crippen MR) is 91.9 cm³/mol. The quantitative estimate of drug-likeness (QED) is 0.687. The lowest BCUT2D eigenvalue weighted by Gasteiger charge is -2.23. The molecule has 7 heteroatoms. The molecule has 0 aromatic heterocycles. The molecule has 2 bridgehead atoms. The summed E-state index contributed by atoms with van der Waals surface area (Å²) in [6.45, 7) is 0.291. The van der Waals surface area contributed by atoms with Crippen LogP contribution in [0.5, 0.6) is 0 Å². The van der Waals surface area contributed by atoms with Gasteiger partial charge in [-0.3, -0.25) is 10.2 Å². The Morgan fingerprint density at radius 2 is 1.72 bits per heavy atom. The third kappa shape index (κ3) is 3.33. The second-order valence-corrected chi connectivity index (χ2v) is 5.67. The minimum absolute atomic E-state index is 0.176. The molecule has 2 fully saturated rings. The van der Waals surface area contributed by atoms with Crippen LogP contribution in [0.2, 0.25) is 0 Å². The van der Waals surface area contributed by atoms with Crippen LogP contribution in [-0.2, 0) is 14.3 Å². The van der Waals surface area contributed by atoms with Gasteiger partial charge in [-0.25, -0.2) is 0 Å². The molecular formula is C18H16N4O3. The zero-order chi connectivity index (χ0) is 17.1. The standard InChI is InChI=1S/C18H16N4O3/c23-17-15(21-19-12-7-3-1-4-8-12)14-11-24-18(25-14)16(17)22-20-13-9-5-2-6-10-13/h1-10,14-15,18,20H,11H2/b21-19?,22-16+/t14-,15-,18-/m0/s1.